The van der Waals surface area contributed by atoms with E-state index in [1.54, 1.807) is 32.9 Å². The number of rotatable bonds is 6. The van der Waals surface area contributed by atoms with E-state index in [1.807, 2.05) is 18.7 Å². The molecule has 0 aliphatic carbocycles. The van der Waals surface area contributed by atoms with E-state index in [-0.39, 0.29) is 42.9 Å². The van der Waals surface area contributed by atoms with Gasteiger partial charge in [0.05, 0.1) is 12.5 Å². The van der Waals surface area contributed by atoms with Crippen molar-refractivity contribution in [1.29, 1.82) is 0 Å². The molecule has 35 heavy (non-hydrogen) atoms. The predicted molar refractivity (Wildman–Crippen MR) is 128 cm³/mol. The number of piperidine rings is 2. The van der Waals surface area contributed by atoms with Crippen LogP contribution in [0.25, 0.3) is 0 Å². The number of ether oxygens (including phenoxy) is 1. The maximum Gasteiger partial charge on any atom is 0.488 e. The minimum absolute atomic E-state index is 0.118. The summed E-state index contributed by atoms with van der Waals surface area (Å²) in [6, 6.07) is 4.69. The summed E-state index contributed by atoms with van der Waals surface area (Å²) in [5.74, 6) is -2.10. The van der Waals surface area contributed by atoms with Gasteiger partial charge in [-0.25, -0.2) is 0 Å². The van der Waals surface area contributed by atoms with Crippen molar-refractivity contribution in [3.05, 3.63) is 29.3 Å². The van der Waals surface area contributed by atoms with E-state index in [9.17, 15) is 26.7 Å². The highest BCUT2D eigenvalue weighted by Gasteiger charge is 2.31. The molecule has 2 fully saturated rings. The van der Waals surface area contributed by atoms with Crippen LogP contribution in [0.3, 0.4) is 0 Å². The van der Waals surface area contributed by atoms with E-state index < -0.39 is 27.9 Å². The molecule has 1 N–H and O–H groups in total. The smallest absolute Gasteiger partial charge is 0.459 e. The number of imide groups is 1. The molecule has 0 spiro atoms. The van der Waals surface area contributed by atoms with Crippen LogP contribution in [0.1, 0.15) is 83.3 Å². The number of carbonyl (C=O) groups is 3. The molecular weight excluding hydrogens is 479 g/mol. The highest BCUT2D eigenvalue weighted by atomic mass is 32.3. The van der Waals surface area contributed by atoms with Gasteiger partial charge < -0.3 is 8.92 Å². The van der Waals surface area contributed by atoms with Gasteiger partial charge in [0.15, 0.2) is 0 Å². The zero-order valence-corrected chi connectivity index (χ0v) is 21.7. The van der Waals surface area contributed by atoms with E-state index in [0.29, 0.717) is 37.1 Å². The molecule has 3 rings (SSSR count). The van der Waals surface area contributed by atoms with Crippen LogP contribution in [0.15, 0.2) is 18.2 Å². The first-order valence-electron chi connectivity index (χ1n) is 11.9. The number of hydrogen-bond donors (Lipinski definition) is 1. The normalized spacial score (nSPS) is 19.9. The lowest BCUT2D eigenvalue weighted by molar-refractivity contribution is -0.156. The molecule has 196 valence electrons. The molecule has 1 atom stereocenters. The molecule has 2 amide bonds. The van der Waals surface area contributed by atoms with Gasteiger partial charge in [-0.3, -0.25) is 24.6 Å². The number of hydrogen-bond acceptors (Lipinski definition) is 8. The fraction of sp³-hybridized carbons (Fsp3) is 0.625. The number of likely N-dealkylation sites (tertiary alicyclic amines) is 1. The Balaban J connectivity index is 0.00000210. The molecule has 9 nitrogen and oxygen atoms in total. The van der Waals surface area contributed by atoms with Crippen LogP contribution in [0, 0.1) is 0 Å². The van der Waals surface area contributed by atoms with Gasteiger partial charge in [-0.15, -0.1) is 0 Å². The van der Waals surface area contributed by atoms with E-state index >= 15 is 0 Å². The van der Waals surface area contributed by atoms with Crippen LogP contribution in [-0.4, -0.2) is 56.3 Å². The lowest BCUT2D eigenvalue weighted by atomic mass is 9.85. The summed E-state index contributed by atoms with van der Waals surface area (Å²) in [5, 5.41) is 2.25. The Morgan fingerprint density at radius 2 is 1.77 bits per heavy atom. The number of halogens is 1. The Morgan fingerprint density at radius 1 is 1.14 bits per heavy atom. The average Bonchev–Trinajstić information content (AvgIpc) is 2.73. The predicted octanol–water partition coefficient (Wildman–Crippen LogP) is 3.35. The van der Waals surface area contributed by atoms with Crippen molar-refractivity contribution in [2.45, 2.75) is 77.7 Å². The minimum Gasteiger partial charge on any atom is -0.459 e. The highest BCUT2D eigenvalue weighted by molar-refractivity contribution is 7.81. The molecular formula is C24H35FN2O7S. The second-order valence-electron chi connectivity index (χ2n) is 9.41. The molecule has 1 aromatic carbocycles. The van der Waals surface area contributed by atoms with Crippen molar-refractivity contribution in [2.24, 2.45) is 0 Å². The van der Waals surface area contributed by atoms with E-state index in [1.165, 1.54) is 6.07 Å². The molecule has 0 saturated carbocycles. The Bertz CT molecular complexity index is 1030. The summed E-state index contributed by atoms with van der Waals surface area (Å²) in [6.45, 7) is 10.7. The number of nitrogens with one attached hydrogen (secondary N) is 1. The fourth-order valence-corrected chi connectivity index (χ4v) is 4.61. The Kier molecular flexibility index (Phi) is 9.79. The molecule has 0 aromatic heterocycles. The van der Waals surface area contributed by atoms with E-state index in [2.05, 4.69) is 9.50 Å². The van der Waals surface area contributed by atoms with Crippen molar-refractivity contribution < 1.29 is 35.6 Å². The molecule has 2 aliphatic heterocycles. The van der Waals surface area contributed by atoms with Crippen LogP contribution in [-0.2, 0) is 29.6 Å². The highest BCUT2D eigenvalue weighted by Crippen LogP contribution is 2.38. The number of amides is 2. The largest absolute Gasteiger partial charge is 0.488 e. The second kappa shape index (κ2) is 11.9. The maximum absolute atomic E-state index is 13.4. The second-order valence-corrected chi connectivity index (χ2v) is 10.4. The number of nitrogens with zero attached hydrogens (tertiary/aromatic N) is 1. The topological polar surface area (TPSA) is 119 Å². The Morgan fingerprint density at radius 3 is 2.31 bits per heavy atom. The lowest BCUT2D eigenvalue weighted by Crippen LogP contribution is -2.39. The van der Waals surface area contributed by atoms with Gasteiger partial charge in [-0.05, 0) is 76.2 Å². The van der Waals surface area contributed by atoms with Crippen LogP contribution < -0.4 is 9.50 Å². The number of benzene rings is 1. The van der Waals surface area contributed by atoms with Gasteiger partial charge in [0.2, 0.25) is 11.8 Å². The monoisotopic (exact) mass is 514 g/mol. The van der Waals surface area contributed by atoms with Gasteiger partial charge in [0.1, 0.15) is 11.4 Å². The maximum atomic E-state index is 13.4. The van der Waals surface area contributed by atoms with E-state index in [0.717, 1.165) is 0 Å². The Hall–Kier alpha value is -2.53. The van der Waals surface area contributed by atoms with Gasteiger partial charge >= 0.3 is 16.5 Å². The molecule has 2 aliphatic rings. The Labute approximate surface area is 206 Å². The average molecular weight is 515 g/mol. The summed E-state index contributed by atoms with van der Waals surface area (Å²) in [6.07, 6.45) is 1.63. The third kappa shape index (κ3) is 8.88. The molecule has 0 bridgehead atoms. The van der Waals surface area contributed by atoms with Gasteiger partial charge in [0.25, 0.3) is 0 Å². The number of esters is 1. The molecule has 0 radical (unpaired) electrons. The van der Waals surface area contributed by atoms with Crippen molar-refractivity contribution in [3.63, 3.8) is 0 Å². The minimum atomic E-state index is -5.28. The molecule has 1 aromatic rings. The SMILES string of the molecule is CC.CC(C)(C)OC(=O)CN1CCC(c2ccc(C3CCC(=O)NC3=O)cc2OS(=O)(=O)F)CC1. The van der Waals surface area contributed by atoms with Crippen molar-refractivity contribution in [1.82, 2.24) is 10.2 Å². The van der Waals surface area contributed by atoms with Crippen LogP contribution in [0.2, 0.25) is 0 Å². The zero-order valence-electron chi connectivity index (χ0n) is 20.9. The summed E-state index contributed by atoms with van der Waals surface area (Å²) >= 11 is 0. The summed E-state index contributed by atoms with van der Waals surface area (Å²) in [5.41, 5.74) is 0.401. The first-order chi connectivity index (χ1) is 16.3. The molecule has 2 heterocycles. The van der Waals surface area contributed by atoms with Crippen LogP contribution in [0.5, 0.6) is 5.75 Å². The first-order valence-corrected chi connectivity index (χ1v) is 13.2. The van der Waals surface area contributed by atoms with Crippen molar-refractivity contribution in [2.75, 3.05) is 19.6 Å². The van der Waals surface area contributed by atoms with Crippen LogP contribution in [0.4, 0.5) is 3.89 Å². The summed E-state index contributed by atoms with van der Waals surface area (Å²) in [7, 11) is -5.28. The summed E-state index contributed by atoms with van der Waals surface area (Å²) < 4.78 is 45.9. The third-order valence-electron chi connectivity index (χ3n) is 5.67. The van der Waals surface area contributed by atoms with Crippen molar-refractivity contribution >= 4 is 28.3 Å². The van der Waals surface area contributed by atoms with Gasteiger partial charge in [0, 0.05) is 6.42 Å². The summed E-state index contributed by atoms with van der Waals surface area (Å²) in [4.78, 5) is 37.6. The standard InChI is InChI=1S/C22H29FN2O7S.C2H6/c1-22(2,3)31-20(27)13-25-10-8-14(9-11-25)16-5-4-15(12-18(16)32-33(23,29)30)17-6-7-19(26)24-21(17)28;1-2/h4-5,12,14,17H,6-11,13H2,1-3H3,(H,24,26,28);1-2H3. The molecule has 1 unspecified atom stereocenters. The van der Waals surface area contributed by atoms with Crippen LogP contribution >= 0.6 is 0 Å². The third-order valence-corrected chi connectivity index (χ3v) is 6.05. The molecule has 2 saturated heterocycles. The quantitative estimate of drug-likeness (QED) is 0.349. The zero-order chi connectivity index (χ0) is 26.4. The number of carbonyl (C=O) groups excluding carboxylic acids is 3. The van der Waals surface area contributed by atoms with E-state index in [4.69, 9.17) is 4.74 Å². The van der Waals surface area contributed by atoms with Gasteiger partial charge in [-0.2, -0.15) is 8.42 Å². The lowest BCUT2D eigenvalue weighted by Gasteiger charge is -2.33. The van der Waals surface area contributed by atoms with Crippen molar-refractivity contribution in [3.8, 4) is 5.75 Å². The van der Waals surface area contributed by atoms with Gasteiger partial charge in [-0.1, -0.05) is 29.9 Å². The first kappa shape index (κ1) is 28.7. The molecule has 11 heteroatoms. The fourth-order valence-electron chi connectivity index (χ4n) is 4.25.